The summed E-state index contributed by atoms with van der Waals surface area (Å²) >= 11 is 0. The molecule has 0 rings (SSSR count). The zero-order valence-corrected chi connectivity index (χ0v) is 11.3. The Morgan fingerprint density at radius 1 is 1.07 bits per heavy atom. The first kappa shape index (κ1) is 14.6. The topological polar surface area (TPSA) is 0 Å². The van der Waals surface area contributed by atoms with E-state index in [0.717, 1.165) is 24.5 Å². The molecule has 0 aromatic carbocycles. The summed E-state index contributed by atoms with van der Waals surface area (Å²) in [4.78, 5) is 0. The largest absolute Gasteiger partial charge is 0.312 e. The van der Waals surface area contributed by atoms with Gasteiger partial charge in [0.15, 0.2) is 0 Å². The number of hydrogen-bond donors (Lipinski definition) is 0. The van der Waals surface area contributed by atoms with Crippen LogP contribution in [0.15, 0.2) is 17.0 Å². The Balaban J connectivity index is 4.37. The molecule has 0 fully saturated rings. The molecule has 3 heteroatoms. The van der Waals surface area contributed by atoms with Crippen LogP contribution in [0.3, 0.4) is 0 Å². The average Bonchev–Trinajstić information content (AvgIpc) is 2.08. The monoisotopic (exact) mass is 232 g/mol. The minimum absolute atomic E-state index is 0.799. The summed E-state index contributed by atoms with van der Waals surface area (Å²) in [7, 11) is -1.60. The maximum absolute atomic E-state index is 12.2. The van der Waals surface area contributed by atoms with Gasteiger partial charge >= 0.3 is 6.08 Å². The molecule has 0 N–H and O–H groups in total. The van der Waals surface area contributed by atoms with E-state index in [4.69, 9.17) is 0 Å². The number of halogens is 2. The van der Waals surface area contributed by atoms with Crippen LogP contribution in [0.4, 0.5) is 8.78 Å². The highest BCUT2D eigenvalue weighted by Crippen LogP contribution is 2.21. The molecule has 0 radical (unpaired) electrons. The van der Waals surface area contributed by atoms with Crippen LogP contribution in [0.2, 0.25) is 19.6 Å². The zero-order valence-electron chi connectivity index (χ0n) is 10.3. The van der Waals surface area contributed by atoms with Crippen molar-refractivity contribution in [2.45, 2.75) is 58.7 Å². The van der Waals surface area contributed by atoms with E-state index in [1.54, 1.807) is 0 Å². The summed E-state index contributed by atoms with van der Waals surface area (Å²) < 4.78 is 24.4. The zero-order chi connectivity index (χ0) is 11.9. The van der Waals surface area contributed by atoms with E-state index in [0.29, 0.717) is 0 Å². The standard InChI is InChI=1S/C12H22F2Si/c1-5-6-7-8-9-11(10-12(13)14)15(2,3)4/h5-9H2,1-4H3. The van der Waals surface area contributed by atoms with Gasteiger partial charge in [-0.05, 0) is 18.0 Å². The highest BCUT2D eigenvalue weighted by Gasteiger charge is 2.19. The van der Waals surface area contributed by atoms with Crippen molar-refractivity contribution in [2.24, 2.45) is 0 Å². The SMILES string of the molecule is CCCCCCC(=C=C(F)F)[Si](C)(C)C. The van der Waals surface area contributed by atoms with Gasteiger partial charge < -0.3 is 0 Å². The van der Waals surface area contributed by atoms with Crippen molar-refractivity contribution in [2.75, 3.05) is 0 Å². The molecule has 0 saturated heterocycles. The lowest BCUT2D eigenvalue weighted by Crippen LogP contribution is -2.23. The van der Waals surface area contributed by atoms with Crippen LogP contribution >= 0.6 is 0 Å². The normalized spacial score (nSPS) is 11.1. The van der Waals surface area contributed by atoms with Gasteiger partial charge in [-0.2, -0.15) is 8.78 Å². The van der Waals surface area contributed by atoms with E-state index in [-0.39, 0.29) is 0 Å². The maximum atomic E-state index is 12.2. The van der Waals surface area contributed by atoms with Crippen LogP contribution in [-0.4, -0.2) is 8.07 Å². The smallest absolute Gasteiger partial charge is 0.164 e. The average molecular weight is 232 g/mol. The van der Waals surface area contributed by atoms with Crippen LogP contribution in [0.5, 0.6) is 0 Å². The lowest BCUT2D eigenvalue weighted by Gasteiger charge is -2.18. The van der Waals surface area contributed by atoms with Gasteiger partial charge in [0.05, 0.1) is 8.07 Å². The highest BCUT2D eigenvalue weighted by atomic mass is 28.3. The predicted octanol–water partition coefficient (Wildman–Crippen LogP) is 5.14. The van der Waals surface area contributed by atoms with Crippen molar-refractivity contribution in [3.05, 3.63) is 17.0 Å². The second kappa shape index (κ2) is 6.97. The first-order valence-electron chi connectivity index (χ1n) is 5.69. The van der Waals surface area contributed by atoms with Crippen LogP contribution in [0.1, 0.15) is 39.0 Å². The minimum atomic E-state index is -1.66. The number of unbranched alkanes of at least 4 members (excludes halogenated alkanes) is 3. The van der Waals surface area contributed by atoms with Crippen molar-refractivity contribution in [3.8, 4) is 0 Å². The fraction of sp³-hybridized carbons (Fsp3) is 0.750. The van der Waals surface area contributed by atoms with E-state index < -0.39 is 14.2 Å². The van der Waals surface area contributed by atoms with E-state index in [2.05, 4.69) is 32.3 Å². The molecule has 0 unspecified atom stereocenters. The van der Waals surface area contributed by atoms with E-state index in [9.17, 15) is 8.78 Å². The molecule has 15 heavy (non-hydrogen) atoms. The molecule has 0 aliphatic carbocycles. The number of hydrogen-bond acceptors (Lipinski definition) is 0. The summed E-state index contributed by atoms with van der Waals surface area (Å²) in [5.41, 5.74) is 2.26. The fourth-order valence-electron chi connectivity index (χ4n) is 1.47. The maximum Gasteiger partial charge on any atom is 0.312 e. The first-order valence-corrected chi connectivity index (χ1v) is 9.19. The fourth-order valence-corrected chi connectivity index (χ4v) is 2.86. The van der Waals surface area contributed by atoms with Gasteiger partial charge in [0.2, 0.25) is 0 Å². The molecule has 0 aromatic heterocycles. The minimum Gasteiger partial charge on any atom is -0.164 e. The van der Waals surface area contributed by atoms with Crippen LogP contribution in [0.25, 0.3) is 0 Å². The van der Waals surface area contributed by atoms with Gasteiger partial charge in [-0.15, -0.1) is 0 Å². The van der Waals surface area contributed by atoms with Crippen molar-refractivity contribution in [3.63, 3.8) is 0 Å². The number of allylic oxidation sites excluding steroid dienone is 1. The molecule has 0 nitrogen and oxygen atoms in total. The molecule has 88 valence electrons. The summed E-state index contributed by atoms with van der Waals surface area (Å²) in [5.74, 6) is 0. The van der Waals surface area contributed by atoms with E-state index in [1.807, 2.05) is 0 Å². The van der Waals surface area contributed by atoms with Gasteiger partial charge in [0.25, 0.3) is 0 Å². The molecule has 0 aliphatic rings. The molecular weight excluding hydrogens is 210 g/mol. The Hall–Kier alpha value is -0.403. The Morgan fingerprint density at radius 2 is 1.67 bits per heavy atom. The number of rotatable bonds is 6. The van der Waals surface area contributed by atoms with Gasteiger partial charge in [-0.1, -0.05) is 51.6 Å². The van der Waals surface area contributed by atoms with Gasteiger partial charge in [0, 0.05) is 0 Å². The Kier molecular flexibility index (Phi) is 6.78. The summed E-state index contributed by atoms with van der Waals surface area (Å²) in [6.45, 7) is 8.44. The van der Waals surface area contributed by atoms with Crippen molar-refractivity contribution in [1.82, 2.24) is 0 Å². The van der Waals surface area contributed by atoms with Crippen molar-refractivity contribution >= 4 is 8.07 Å². The molecular formula is C12H22F2Si. The summed E-state index contributed by atoms with van der Waals surface area (Å²) in [6, 6.07) is 0. The third-order valence-corrected chi connectivity index (χ3v) is 4.62. The van der Waals surface area contributed by atoms with Crippen LogP contribution < -0.4 is 0 Å². The van der Waals surface area contributed by atoms with Crippen LogP contribution in [0, 0.1) is 0 Å². The van der Waals surface area contributed by atoms with E-state index >= 15 is 0 Å². The molecule has 0 atom stereocenters. The summed E-state index contributed by atoms with van der Waals surface area (Å²) in [6.07, 6.45) is 3.67. The highest BCUT2D eigenvalue weighted by molar-refractivity contribution is 6.83. The molecule has 0 spiro atoms. The predicted molar refractivity (Wildman–Crippen MR) is 64.9 cm³/mol. The van der Waals surface area contributed by atoms with Gasteiger partial charge in [-0.25, -0.2) is 0 Å². The molecule has 0 bridgehead atoms. The lowest BCUT2D eigenvalue weighted by molar-refractivity contribution is 0.423. The van der Waals surface area contributed by atoms with Gasteiger partial charge in [-0.3, -0.25) is 0 Å². The second-order valence-electron chi connectivity index (χ2n) is 4.92. The quantitative estimate of drug-likeness (QED) is 0.338. The van der Waals surface area contributed by atoms with E-state index in [1.165, 1.54) is 12.8 Å². The summed E-state index contributed by atoms with van der Waals surface area (Å²) in [5, 5.41) is 0.874. The molecule has 0 aromatic rings. The first-order chi connectivity index (χ1) is 6.88. The lowest BCUT2D eigenvalue weighted by atomic mass is 10.1. The Bertz CT molecular complexity index is 241. The molecule has 0 aliphatic heterocycles. The van der Waals surface area contributed by atoms with Crippen molar-refractivity contribution in [1.29, 1.82) is 0 Å². The third kappa shape index (κ3) is 7.52. The molecule has 0 saturated carbocycles. The van der Waals surface area contributed by atoms with Crippen molar-refractivity contribution < 1.29 is 8.78 Å². The van der Waals surface area contributed by atoms with Crippen LogP contribution in [-0.2, 0) is 0 Å². The van der Waals surface area contributed by atoms with Gasteiger partial charge in [0.1, 0.15) is 0 Å². The molecule has 0 amide bonds. The Labute approximate surface area is 93.1 Å². The second-order valence-corrected chi connectivity index (χ2v) is 10.0. The molecule has 0 heterocycles. The third-order valence-electron chi connectivity index (χ3n) is 2.43. The Morgan fingerprint density at radius 3 is 2.07 bits per heavy atom.